The van der Waals surface area contributed by atoms with E-state index in [0.29, 0.717) is 5.75 Å². The highest BCUT2D eigenvalue weighted by atomic mass is 35.5. The third kappa shape index (κ3) is 2.92. The molecule has 1 aromatic rings. The van der Waals surface area contributed by atoms with Crippen molar-refractivity contribution in [3.05, 3.63) is 36.4 Å². The molecule has 0 fully saturated rings. The minimum atomic E-state index is -0.383. The third-order valence-corrected chi connectivity index (χ3v) is 4.15. The lowest BCUT2D eigenvalue weighted by atomic mass is 10.4. The van der Waals surface area contributed by atoms with Crippen LogP contribution in [0, 0.1) is 0 Å². The number of hydrogen-bond acceptors (Lipinski definition) is 5. The molecule has 7 heteroatoms. The molecule has 1 amide bonds. The van der Waals surface area contributed by atoms with Gasteiger partial charge in [-0.2, -0.15) is 16.8 Å². The Morgan fingerprint density at radius 2 is 2.35 bits per heavy atom. The maximum atomic E-state index is 12.0. The van der Waals surface area contributed by atoms with Gasteiger partial charge in [0, 0.05) is 26.5 Å². The van der Waals surface area contributed by atoms with Gasteiger partial charge in [0.05, 0.1) is 23.3 Å². The quantitative estimate of drug-likeness (QED) is 0.628. The van der Waals surface area contributed by atoms with Crippen LogP contribution in [0.5, 0.6) is 0 Å². The highest BCUT2D eigenvalue weighted by molar-refractivity contribution is 7.99. The van der Waals surface area contributed by atoms with Gasteiger partial charge in [-0.1, -0.05) is 11.6 Å². The average molecular weight is 313 g/mol. The van der Waals surface area contributed by atoms with Gasteiger partial charge in [-0.05, 0) is 18.4 Å². The summed E-state index contributed by atoms with van der Waals surface area (Å²) in [5.41, 5.74) is 1.28. The summed E-state index contributed by atoms with van der Waals surface area (Å²) in [6.45, 7) is 0. The maximum absolute atomic E-state index is 12.0. The van der Waals surface area contributed by atoms with Gasteiger partial charge in [0.1, 0.15) is 5.50 Å². The molecular weight excluding hydrogens is 296 g/mol. The summed E-state index contributed by atoms with van der Waals surface area (Å²) in [7, 11) is 3.63. The highest BCUT2D eigenvalue weighted by Gasteiger charge is 2.33. The van der Waals surface area contributed by atoms with Crippen molar-refractivity contribution >= 4 is 35.0 Å². The Bertz CT molecular complexity index is 510. The van der Waals surface area contributed by atoms with Crippen molar-refractivity contribution in [2.24, 2.45) is 0 Å². The summed E-state index contributed by atoms with van der Waals surface area (Å²) < 4.78 is 0. The van der Waals surface area contributed by atoms with Crippen molar-refractivity contribution < 1.29 is 4.79 Å². The first-order chi connectivity index (χ1) is 9.56. The van der Waals surface area contributed by atoms with Gasteiger partial charge in [0.15, 0.2) is 0 Å². The minimum absolute atomic E-state index is 0.0378. The number of likely N-dealkylation sites (N-methyl/N-ethyl adjacent to an activating group) is 2. The molecule has 5 nitrogen and oxygen atoms in total. The van der Waals surface area contributed by atoms with E-state index in [-0.39, 0.29) is 11.4 Å². The van der Waals surface area contributed by atoms with Crippen molar-refractivity contribution in [3.63, 3.8) is 0 Å². The molecule has 0 saturated heterocycles. The largest absolute Gasteiger partial charge is 0.314 e. The van der Waals surface area contributed by atoms with E-state index >= 15 is 0 Å². The van der Waals surface area contributed by atoms with E-state index in [0.717, 1.165) is 11.4 Å². The second-order valence-electron chi connectivity index (χ2n) is 4.40. The smallest absolute Gasteiger partial charge is 0.236 e. The molecule has 1 aliphatic heterocycles. The van der Waals surface area contributed by atoms with Crippen LogP contribution in [-0.4, -0.2) is 52.4 Å². The van der Waals surface area contributed by atoms with Gasteiger partial charge in [0.2, 0.25) is 5.91 Å². The Kier molecular flexibility index (Phi) is 4.91. The molecular formula is C13H17ClN4OS. The van der Waals surface area contributed by atoms with Crippen LogP contribution in [0.2, 0.25) is 0 Å². The van der Waals surface area contributed by atoms with Gasteiger partial charge < -0.3 is 4.90 Å². The molecule has 2 heterocycles. The molecule has 1 atom stereocenters. The lowest BCUT2D eigenvalue weighted by Crippen LogP contribution is -2.38. The lowest BCUT2D eigenvalue weighted by molar-refractivity contribution is -0.125. The number of nitrogens with zero attached hydrogens (tertiary/aromatic N) is 4. The molecule has 108 valence electrons. The van der Waals surface area contributed by atoms with E-state index in [1.165, 1.54) is 11.8 Å². The van der Waals surface area contributed by atoms with E-state index < -0.39 is 0 Å². The molecule has 1 aromatic heterocycles. The van der Waals surface area contributed by atoms with E-state index in [4.69, 9.17) is 11.6 Å². The number of carbonyl (C=O) groups is 1. The Morgan fingerprint density at radius 3 is 2.95 bits per heavy atom. The number of rotatable bonds is 4. The van der Waals surface area contributed by atoms with E-state index in [9.17, 15) is 4.79 Å². The first-order valence-corrected chi connectivity index (χ1v) is 7.92. The second kappa shape index (κ2) is 6.47. The zero-order valence-electron chi connectivity index (χ0n) is 11.7. The first kappa shape index (κ1) is 15.2. The summed E-state index contributed by atoms with van der Waals surface area (Å²) in [6.07, 6.45) is 7.24. The van der Waals surface area contributed by atoms with E-state index in [2.05, 4.69) is 4.98 Å². The number of amides is 1. The summed E-state index contributed by atoms with van der Waals surface area (Å²) in [5.74, 6) is 0.476. The highest BCUT2D eigenvalue weighted by Crippen LogP contribution is 2.30. The Balaban J connectivity index is 2.24. The Morgan fingerprint density at radius 1 is 1.60 bits per heavy atom. The van der Waals surface area contributed by atoms with Crippen molar-refractivity contribution in [2.45, 2.75) is 5.50 Å². The summed E-state index contributed by atoms with van der Waals surface area (Å²) in [4.78, 5) is 17.7. The number of carbonyl (C=O) groups excluding carboxylic acids is 1. The number of hydrazine groups is 1. The molecule has 1 aliphatic rings. The van der Waals surface area contributed by atoms with Crippen LogP contribution in [-0.2, 0) is 4.79 Å². The van der Waals surface area contributed by atoms with Crippen molar-refractivity contribution in [1.29, 1.82) is 0 Å². The van der Waals surface area contributed by atoms with Gasteiger partial charge in [-0.25, -0.2) is 0 Å². The summed E-state index contributed by atoms with van der Waals surface area (Å²) >= 11 is 7.90. The Hall–Kier alpha value is -1.24. The van der Waals surface area contributed by atoms with Crippen LogP contribution < -0.4 is 5.01 Å². The number of thioether (sulfide) groups is 1. The number of anilines is 1. The third-order valence-electron chi connectivity index (χ3n) is 3.11. The first-order valence-electron chi connectivity index (χ1n) is 6.09. The molecule has 0 bridgehead atoms. The van der Waals surface area contributed by atoms with Crippen molar-refractivity contribution in [3.8, 4) is 0 Å². The average Bonchev–Trinajstić information content (AvgIpc) is 2.76. The van der Waals surface area contributed by atoms with Crippen LogP contribution in [0.4, 0.5) is 5.69 Å². The number of aromatic nitrogens is 1. The number of alkyl halides is 1. The lowest BCUT2D eigenvalue weighted by Gasteiger charge is -2.27. The van der Waals surface area contributed by atoms with Crippen LogP contribution in [0.1, 0.15) is 0 Å². The molecule has 0 N–H and O–H groups in total. The normalized spacial score (nSPS) is 19.1. The molecule has 0 radical (unpaired) electrons. The fraction of sp³-hybridized carbons (Fsp3) is 0.385. The predicted octanol–water partition coefficient (Wildman–Crippen LogP) is 1.98. The van der Waals surface area contributed by atoms with Crippen LogP contribution >= 0.6 is 23.4 Å². The predicted molar refractivity (Wildman–Crippen MR) is 83.4 cm³/mol. The Labute approximate surface area is 128 Å². The zero-order chi connectivity index (χ0) is 14.7. The minimum Gasteiger partial charge on any atom is -0.314 e. The molecule has 2 rings (SSSR count). The van der Waals surface area contributed by atoms with Crippen LogP contribution in [0.15, 0.2) is 36.4 Å². The van der Waals surface area contributed by atoms with Gasteiger partial charge in [-0.15, -0.1) is 0 Å². The number of halogens is 1. The van der Waals surface area contributed by atoms with Gasteiger partial charge in [0.25, 0.3) is 0 Å². The second-order valence-corrected chi connectivity index (χ2v) is 5.68. The van der Waals surface area contributed by atoms with Gasteiger partial charge in [-0.3, -0.25) is 14.8 Å². The fourth-order valence-electron chi connectivity index (χ4n) is 1.94. The number of hydrogen-bond donors (Lipinski definition) is 0. The summed E-state index contributed by atoms with van der Waals surface area (Å²) in [6, 6.07) is 3.80. The molecule has 0 aliphatic carbocycles. The van der Waals surface area contributed by atoms with Gasteiger partial charge >= 0.3 is 0 Å². The van der Waals surface area contributed by atoms with E-state index in [1.807, 2.05) is 41.7 Å². The number of pyridine rings is 1. The van der Waals surface area contributed by atoms with Crippen molar-refractivity contribution in [2.75, 3.05) is 31.1 Å². The maximum Gasteiger partial charge on any atom is 0.236 e. The van der Waals surface area contributed by atoms with Crippen LogP contribution in [0.25, 0.3) is 0 Å². The van der Waals surface area contributed by atoms with Crippen molar-refractivity contribution in [1.82, 2.24) is 14.9 Å². The molecule has 1 unspecified atom stereocenters. The fourth-order valence-corrected chi connectivity index (χ4v) is 2.67. The monoisotopic (exact) mass is 312 g/mol. The summed E-state index contributed by atoms with van der Waals surface area (Å²) in [5, 5.41) is 3.75. The molecule has 0 saturated carbocycles. The standard InChI is InChI=1S/C13H17ClN4OS/c1-16(12(19)9-20-3)11-8-18(17(2)13(11)14)10-5-4-6-15-7-10/h4-8,13H,9H2,1-3H3. The van der Waals surface area contributed by atoms with E-state index in [1.54, 1.807) is 24.3 Å². The molecule has 0 spiro atoms. The topological polar surface area (TPSA) is 39.7 Å². The van der Waals surface area contributed by atoms with Crippen LogP contribution in [0.3, 0.4) is 0 Å². The SMILES string of the molecule is CSCC(=O)N(C)C1=CN(c2cccnc2)N(C)C1Cl. The molecule has 0 aromatic carbocycles. The zero-order valence-corrected chi connectivity index (χ0v) is 13.2. The molecule has 20 heavy (non-hydrogen) atoms.